The summed E-state index contributed by atoms with van der Waals surface area (Å²) in [5.74, 6) is 0.412. The summed E-state index contributed by atoms with van der Waals surface area (Å²) in [6.07, 6.45) is 1.96. The smallest absolute Gasteiger partial charge is 0.216 e. The summed E-state index contributed by atoms with van der Waals surface area (Å²) < 4.78 is 32.2. The minimum atomic E-state index is -3.15. The third-order valence-corrected chi connectivity index (χ3v) is 7.00. The van der Waals surface area contributed by atoms with Gasteiger partial charge in [-0.05, 0) is 52.1 Å². The van der Waals surface area contributed by atoms with Crippen molar-refractivity contribution in [2.24, 2.45) is 11.3 Å². The Morgan fingerprint density at radius 1 is 1.30 bits per heavy atom. The van der Waals surface area contributed by atoms with Gasteiger partial charge in [-0.3, -0.25) is 0 Å². The monoisotopic (exact) mass is 304 g/mol. The van der Waals surface area contributed by atoms with Crippen molar-refractivity contribution < 1.29 is 13.2 Å². The first-order valence-electron chi connectivity index (χ1n) is 7.49. The minimum absolute atomic E-state index is 0.116. The maximum atomic E-state index is 12.5. The van der Waals surface area contributed by atoms with Crippen LogP contribution >= 0.6 is 0 Å². The Morgan fingerprint density at radius 3 is 2.40 bits per heavy atom. The van der Waals surface area contributed by atoms with Crippen molar-refractivity contribution in [2.75, 3.05) is 46.9 Å². The lowest BCUT2D eigenvalue weighted by molar-refractivity contribution is -0.00333. The minimum Gasteiger partial charge on any atom is -0.381 e. The topological polar surface area (TPSA) is 49.9 Å². The number of nitrogens with zero attached hydrogens (tertiary/aromatic N) is 2. The van der Waals surface area contributed by atoms with Crippen LogP contribution in [-0.2, 0) is 14.8 Å². The molecule has 5 nitrogen and oxygen atoms in total. The molecule has 2 rings (SSSR count). The average Bonchev–Trinajstić information content (AvgIpc) is 2.69. The molecule has 2 heterocycles. The van der Waals surface area contributed by atoms with E-state index in [1.165, 1.54) is 0 Å². The molecule has 2 aliphatic heterocycles. The summed E-state index contributed by atoms with van der Waals surface area (Å²) in [4.78, 5) is 2.17. The highest BCUT2D eigenvalue weighted by Gasteiger charge is 2.50. The molecule has 2 aliphatic rings. The number of rotatable bonds is 4. The molecule has 0 radical (unpaired) electrons. The van der Waals surface area contributed by atoms with Gasteiger partial charge in [-0.25, -0.2) is 12.7 Å². The van der Waals surface area contributed by atoms with E-state index in [9.17, 15) is 8.42 Å². The third kappa shape index (κ3) is 3.03. The maximum Gasteiger partial charge on any atom is 0.216 e. The Hall–Kier alpha value is -0.170. The highest BCUT2D eigenvalue weighted by Crippen LogP contribution is 2.45. The maximum absolute atomic E-state index is 12.5. The van der Waals surface area contributed by atoms with Crippen LogP contribution in [0.2, 0.25) is 0 Å². The second-order valence-corrected chi connectivity index (χ2v) is 9.31. The normalized spacial score (nSPS) is 27.8. The lowest BCUT2D eigenvalue weighted by Gasteiger charge is -2.39. The summed E-state index contributed by atoms with van der Waals surface area (Å²) in [6, 6.07) is 0. The SMILES string of the molecule is CC(C)S(=O)(=O)N1CC(CN(C)C)C2(CCOCC2)C1. The molecule has 1 spiro atoms. The van der Waals surface area contributed by atoms with Gasteiger partial charge in [-0.2, -0.15) is 0 Å². The van der Waals surface area contributed by atoms with Crippen molar-refractivity contribution in [3.63, 3.8) is 0 Å². The molecular formula is C14H28N2O3S. The quantitative estimate of drug-likeness (QED) is 0.778. The van der Waals surface area contributed by atoms with Crippen molar-refractivity contribution in [3.05, 3.63) is 0 Å². The molecule has 0 N–H and O–H groups in total. The van der Waals surface area contributed by atoms with Crippen LogP contribution in [0.4, 0.5) is 0 Å². The molecule has 2 saturated heterocycles. The lowest BCUT2D eigenvalue weighted by atomic mass is 9.72. The van der Waals surface area contributed by atoms with E-state index in [2.05, 4.69) is 19.0 Å². The third-order valence-electron chi connectivity index (χ3n) is 4.81. The average molecular weight is 304 g/mol. The molecule has 1 atom stereocenters. The van der Waals surface area contributed by atoms with Crippen molar-refractivity contribution in [1.29, 1.82) is 0 Å². The van der Waals surface area contributed by atoms with E-state index in [1.54, 1.807) is 18.2 Å². The fraction of sp³-hybridized carbons (Fsp3) is 1.00. The Labute approximate surface area is 123 Å². The van der Waals surface area contributed by atoms with Gasteiger partial charge < -0.3 is 9.64 Å². The van der Waals surface area contributed by atoms with Crippen LogP contribution in [0.1, 0.15) is 26.7 Å². The highest BCUT2D eigenvalue weighted by atomic mass is 32.2. The van der Waals surface area contributed by atoms with E-state index < -0.39 is 10.0 Å². The second kappa shape index (κ2) is 5.91. The predicted molar refractivity (Wildman–Crippen MR) is 80.2 cm³/mol. The summed E-state index contributed by atoms with van der Waals surface area (Å²) in [6.45, 7) is 7.35. The molecule has 0 bridgehead atoms. The van der Waals surface area contributed by atoms with E-state index in [0.717, 1.165) is 32.6 Å². The summed E-state index contributed by atoms with van der Waals surface area (Å²) in [7, 11) is 0.978. The fourth-order valence-electron chi connectivity index (χ4n) is 3.51. The van der Waals surface area contributed by atoms with Gasteiger partial charge in [0.15, 0.2) is 0 Å². The highest BCUT2D eigenvalue weighted by molar-refractivity contribution is 7.89. The van der Waals surface area contributed by atoms with E-state index in [-0.39, 0.29) is 10.7 Å². The van der Waals surface area contributed by atoms with Crippen LogP contribution in [0.15, 0.2) is 0 Å². The molecular weight excluding hydrogens is 276 g/mol. The molecule has 0 saturated carbocycles. The van der Waals surface area contributed by atoms with Gasteiger partial charge >= 0.3 is 0 Å². The van der Waals surface area contributed by atoms with Gasteiger partial charge in [-0.15, -0.1) is 0 Å². The number of hydrogen-bond acceptors (Lipinski definition) is 4. The van der Waals surface area contributed by atoms with Crippen LogP contribution in [-0.4, -0.2) is 69.8 Å². The number of ether oxygens (including phenoxy) is 1. The number of hydrogen-bond donors (Lipinski definition) is 0. The van der Waals surface area contributed by atoms with Crippen LogP contribution in [0.5, 0.6) is 0 Å². The zero-order chi connectivity index (χ0) is 15.0. The Bertz CT molecular complexity index is 428. The van der Waals surface area contributed by atoms with Gasteiger partial charge in [0.1, 0.15) is 0 Å². The molecule has 1 unspecified atom stereocenters. The van der Waals surface area contributed by atoms with Gasteiger partial charge in [0.25, 0.3) is 0 Å². The van der Waals surface area contributed by atoms with Crippen molar-refractivity contribution in [3.8, 4) is 0 Å². The van der Waals surface area contributed by atoms with E-state index in [4.69, 9.17) is 4.74 Å². The first-order valence-corrected chi connectivity index (χ1v) is 9.00. The zero-order valence-electron chi connectivity index (χ0n) is 13.1. The zero-order valence-corrected chi connectivity index (χ0v) is 13.9. The molecule has 0 aromatic carbocycles. The summed E-state index contributed by atoms with van der Waals surface area (Å²) in [5.41, 5.74) is 0.116. The summed E-state index contributed by atoms with van der Waals surface area (Å²) in [5, 5.41) is -0.336. The Morgan fingerprint density at radius 2 is 1.90 bits per heavy atom. The van der Waals surface area contributed by atoms with E-state index in [0.29, 0.717) is 19.0 Å². The van der Waals surface area contributed by atoms with Crippen molar-refractivity contribution in [1.82, 2.24) is 9.21 Å². The molecule has 2 fully saturated rings. The van der Waals surface area contributed by atoms with Crippen LogP contribution in [0.25, 0.3) is 0 Å². The van der Waals surface area contributed by atoms with Gasteiger partial charge in [0.05, 0.1) is 5.25 Å². The lowest BCUT2D eigenvalue weighted by Crippen LogP contribution is -2.41. The van der Waals surface area contributed by atoms with E-state index >= 15 is 0 Å². The van der Waals surface area contributed by atoms with Crippen LogP contribution < -0.4 is 0 Å². The van der Waals surface area contributed by atoms with Gasteiger partial charge in [0, 0.05) is 32.8 Å². The Balaban J connectivity index is 2.22. The van der Waals surface area contributed by atoms with Crippen molar-refractivity contribution >= 4 is 10.0 Å². The van der Waals surface area contributed by atoms with Crippen LogP contribution in [0.3, 0.4) is 0 Å². The standard InChI is InChI=1S/C14H28N2O3S/c1-12(2)20(17,18)16-10-13(9-15(3)4)14(11-16)5-7-19-8-6-14/h12-13H,5-11H2,1-4H3. The summed E-state index contributed by atoms with van der Waals surface area (Å²) >= 11 is 0. The first kappa shape index (κ1) is 16.2. The first-order chi connectivity index (χ1) is 9.28. The molecule has 118 valence electrons. The molecule has 6 heteroatoms. The second-order valence-electron chi connectivity index (χ2n) is 6.82. The number of sulfonamides is 1. The fourth-order valence-corrected chi connectivity index (χ4v) is 4.93. The molecule has 0 aromatic rings. The molecule has 20 heavy (non-hydrogen) atoms. The Kier molecular flexibility index (Phi) is 4.79. The van der Waals surface area contributed by atoms with Gasteiger partial charge in [0.2, 0.25) is 10.0 Å². The molecule has 0 aromatic heterocycles. The van der Waals surface area contributed by atoms with Crippen LogP contribution in [0, 0.1) is 11.3 Å². The van der Waals surface area contributed by atoms with E-state index in [1.807, 2.05) is 0 Å². The largest absolute Gasteiger partial charge is 0.381 e. The molecule has 0 amide bonds. The van der Waals surface area contributed by atoms with Crippen molar-refractivity contribution in [2.45, 2.75) is 31.9 Å². The molecule has 0 aliphatic carbocycles. The van der Waals surface area contributed by atoms with Gasteiger partial charge in [-0.1, -0.05) is 0 Å². The predicted octanol–water partition coefficient (Wildman–Crippen LogP) is 1.01.